The van der Waals surface area contributed by atoms with Gasteiger partial charge in [0, 0.05) is 38.2 Å². The molecule has 1 amide bonds. The second-order valence-corrected chi connectivity index (χ2v) is 5.66. The largest absolute Gasteiger partial charge is 0.474 e. The highest BCUT2D eigenvalue weighted by molar-refractivity contribution is 5.67. The van der Waals surface area contributed by atoms with Gasteiger partial charge in [-0.05, 0) is 12.5 Å². The van der Waals surface area contributed by atoms with E-state index in [-0.39, 0.29) is 18.1 Å². The summed E-state index contributed by atoms with van der Waals surface area (Å²) in [5.74, 6) is 0.159. The minimum atomic E-state index is -4.41. The van der Waals surface area contributed by atoms with Crippen LogP contribution >= 0.6 is 0 Å². The number of carbonyl (C=O) groups excluding carboxylic acids is 1. The van der Waals surface area contributed by atoms with Crippen LogP contribution in [0.3, 0.4) is 0 Å². The second-order valence-electron chi connectivity index (χ2n) is 5.66. The van der Waals surface area contributed by atoms with Crippen LogP contribution in [0.25, 0.3) is 0 Å². The Hall–Kier alpha value is -1.99. The number of rotatable bonds is 5. The molecule has 1 aromatic heterocycles. The molecule has 0 saturated carbocycles. The molecule has 0 bridgehead atoms. The minimum absolute atomic E-state index is 0.159. The van der Waals surface area contributed by atoms with Crippen molar-refractivity contribution in [3.8, 4) is 5.88 Å². The summed E-state index contributed by atoms with van der Waals surface area (Å²) in [5, 5.41) is 0. The van der Waals surface area contributed by atoms with Gasteiger partial charge in [0.25, 0.3) is 0 Å². The van der Waals surface area contributed by atoms with E-state index in [1.54, 1.807) is 4.90 Å². The van der Waals surface area contributed by atoms with Crippen molar-refractivity contribution < 1.29 is 27.4 Å². The molecule has 1 aromatic rings. The Kier molecular flexibility index (Phi) is 6.28. The number of aromatic nitrogens is 1. The molecule has 1 aliphatic heterocycles. The molecule has 0 unspecified atom stereocenters. The maximum absolute atomic E-state index is 12.5. The lowest BCUT2D eigenvalue weighted by Gasteiger charge is -2.31. The summed E-state index contributed by atoms with van der Waals surface area (Å²) in [5.41, 5.74) is -0.806. The van der Waals surface area contributed by atoms with Gasteiger partial charge >= 0.3 is 12.3 Å². The molecule has 0 radical (unpaired) electrons. The molecule has 5 nitrogen and oxygen atoms in total. The SMILES string of the molecule is CCCCOC(=O)N1CCC(Oc2ccc(C(F)(F)F)cn2)CC1. The molecule has 2 rings (SSSR count). The zero-order valence-electron chi connectivity index (χ0n) is 13.5. The highest BCUT2D eigenvalue weighted by Crippen LogP contribution is 2.29. The van der Waals surface area contributed by atoms with Crippen LogP contribution in [-0.4, -0.2) is 41.8 Å². The summed E-state index contributed by atoms with van der Waals surface area (Å²) < 4.78 is 48.2. The lowest BCUT2D eigenvalue weighted by Crippen LogP contribution is -2.42. The van der Waals surface area contributed by atoms with Crippen molar-refractivity contribution >= 4 is 6.09 Å². The fourth-order valence-corrected chi connectivity index (χ4v) is 2.34. The van der Waals surface area contributed by atoms with E-state index in [0.717, 1.165) is 25.1 Å². The van der Waals surface area contributed by atoms with Crippen molar-refractivity contribution in [3.05, 3.63) is 23.9 Å². The van der Waals surface area contributed by atoms with Gasteiger partial charge in [-0.15, -0.1) is 0 Å². The molecule has 134 valence electrons. The third kappa shape index (κ3) is 5.28. The smallest absolute Gasteiger partial charge is 0.417 e. The first-order valence-corrected chi connectivity index (χ1v) is 8.01. The highest BCUT2D eigenvalue weighted by atomic mass is 19.4. The number of hydrogen-bond acceptors (Lipinski definition) is 4. The zero-order valence-corrected chi connectivity index (χ0v) is 13.5. The lowest BCUT2D eigenvalue weighted by molar-refractivity contribution is -0.137. The molecule has 0 N–H and O–H groups in total. The molecule has 24 heavy (non-hydrogen) atoms. The Labute approximate surface area is 138 Å². The third-order valence-electron chi connectivity index (χ3n) is 3.77. The van der Waals surface area contributed by atoms with Gasteiger partial charge in [0.1, 0.15) is 6.10 Å². The summed E-state index contributed by atoms with van der Waals surface area (Å²) in [6, 6.07) is 2.16. The number of pyridine rings is 1. The zero-order chi connectivity index (χ0) is 17.6. The molecule has 1 fully saturated rings. The number of likely N-dealkylation sites (tertiary alicyclic amines) is 1. The molecule has 0 spiro atoms. The number of ether oxygens (including phenoxy) is 2. The maximum Gasteiger partial charge on any atom is 0.417 e. The number of nitrogens with zero attached hydrogens (tertiary/aromatic N) is 2. The van der Waals surface area contributed by atoms with Crippen molar-refractivity contribution in [1.82, 2.24) is 9.88 Å². The van der Waals surface area contributed by atoms with Crippen LogP contribution in [0.5, 0.6) is 5.88 Å². The number of hydrogen-bond donors (Lipinski definition) is 0. The quantitative estimate of drug-likeness (QED) is 0.759. The van der Waals surface area contributed by atoms with Gasteiger partial charge in [0.2, 0.25) is 5.88 Å². The van der Waals surface area contributed by atoms with E-state index >= 15 is 0 Å². The number of amides is 1. The first-order chi connectivity index (χ1) is 11.4. The molecule has 8 heteroatoms. The van der Waals surface area contributed by atoms with Crippen LogP contribution < -0.4 is 4.74 Å². The van der Waals surface area contributed by atoms with E-state index in [1.807, 2.05) is 6.92 Å². The maximum atomic E-state index is 12.5. The topological polar surface area (TPSA) is 51.7 Å². The Morgan fingerprint density at radius 3 is 2.58 bits per heavy atom. The Balaban J connectivity index is 1.77. The standard InChI is InChI=1S/C16H21F3N2O3/c1-2-3-10-23-15(22)21-8-6-13(7-9-21)24-14-5-4-12(11-20-14)16(17,18)19/h4-5,11,13H,2-3,6-10H2,1H3. The van der Waals surface area contributed by atoms with E-state index in [1.165, 1.54) is 6.07 Å². The Bertz CT molecular complexity index is 526. The van der Waals surface area contributed by atoms with Gasteiger partial charge in [-0.3, -0.25) is 0 Å². The molecular formula is C16H21F3N2O3. The van der Waals surface area contributed by atoms with Crippen LogP contribution in [0.2, 0.25) is 0 Å². The predicted molar refractivity (Wildman–Crippen MR) is 80.7 cm³/mol. The van der Waals surface area contributed by atoms with E-state index < -0.39 is 11.7 Å². The summed E-state index contributed by atoms with van der Waals surface area (Å²) in [6.07, 6.45) is -1.17. The highest BCUT2D eigenvalue weighted by Gasteiger charge is 2.31. The number of alkyl halides is 3. The molecule has 0 aromatic carbocycles. The molecule has 0 aliphatic carbocycles. The van der Waals surface area contributed by atoms with Crippen molar-refractivity contribution in [2.45, 2.75) is 44.9 Å². The van der Waals surface area contributed by atoms with E-state index in [4.69, 9.17) is 9.47 Å². The van der Waals surface area contributed by atoms with E-state index in [2.05, 4.69) is 4.98 Å². The van der Waals surface area contributed by atoms with Gasteiger partial charge in [0.05, 0.1) is 12.2 Å². The Morgan fingerprint density at radius 2 is 2.04 bits per heavy atom. The van der Waals surface area contributed by atoms with Crippen LogP contribution in [0, 0.1) is 0 Å². The normalized spacial score (nSPS) is 16.1. The molecular weight excluding hydrogens is 325 g/mol. The average Bonchev–Trinajstić information content (AvgIpc) is 2.55. The monoisotopic (exact) mass is 346 g/mol. The second kappa shape index (κ2) is 8.21. The fourth-order valence-electron chi connectivity index (χ4n) is 2.34. The number of halogens is 3. The van der Waals surface area contributed by atoms with Gasteiger partial charge in [0.15, 0.2) is 0 Å². The molecule has 1 saturated heterocycles. The van der Waals surface area contributed by atoms with Crippen LogP contribution in [0.15, 0.2) is 18.3 Å². The molecule has 0 atom stereocenters. The van der Waals surface area contributed by atoms with E-state index in [0.29, 0.717) is 32.5 Å². The first kappa shape index (κ1) is 18.4. The predicted octanol–water partition coefficient (Wildman–Crippen LogP) is 3.88. The summed E-state index contributed by atoms with van der Waals surface area (Å²) in [7, 11) is 0. The van der Waals surface area contributed by atoms with E-state index in [9.17, 15) is 18.0 Å². The van der Waals surface area contributed by atoms with Gasteiger partial charge < -0.3 is 14.4 Å². The molecule has 2 heterocycles. The first-order valence-electron chi connectivity index (χ1n) is 8.01. The van der Waals surface area contributed by atoms with Gasteiger partial charge in [-0.25, -0.2) is 9.78 Å². The van der Waals surface area contributed by atoms with Gasteiger partial charge in [-0.1, -0.05) is 13.3 Å². The Morgan fingerprint density at radius 1 is 1.33 bits per heavy atom. The number of piperidine rings is 1. The van der Waals surface area contributed by atoms with Crippen molar-refractivity contribution in [1.29, 1.82) is 0 Å². The lowest BCUT2D eigenvalue weighted by atomic mass is 10.1. The third-order valence-corrected chi connectivity index (χ3v) is 3.77. The fraction of sp³-hybridized carbons (Fsp3) is 0.625. The van der Waals surface area contributed by atoms with Crippen molar-refractivity contribution in [2.24, 2.45) is 0 Å². The van der Waals surface area contributed by atoms with Crippen LogP contribution in [-0.2, 0) is 10.9 Å². The minimum Gasteiger partial charge on any atom is -0.474 e. The van der Waals surface area contributed by atoms with Gasteiger partial charge in [-0.2, -0.15) is 13.2 Å². The van der Waals surface area contributed by atoms with Crippen molar-refractivity contribution in [2.75, 3.05) is 19.7 Å². The molecule has 1 aliphatic rings. The number of carbonyl (C=O) groups is 1. The average molecular weight is 346 g/mol. The van der Waals surface area contributed by atoms with Crippen molar-refractivity contribution in [3.63, 3.8) is 0 Å². The summed E-state index contributed by atoms with van der Waals surface area (Å²) >= 11 is 0. The summed E-state index contributed by atoms with van der Waals surface area (Å²) in [4.78, 5) is 17.1. The van der Waals surface area contributed by atoms with Crippen LogP contribution in [0.1, 0.15) is 38.2 Å². The summed E-state index contributed by atoms with van der Waals surface area (Å²) in [6.45, 7) is 3.43. The van der Waals surface area contributed by atoms with Crippen LogP contribution in [0.4, 0.5) is 18.0 Å². The number of unbranched alkanes of at least 4 members (excludes halogenated alkanes) is 1.